The summed E-state index contributed by atoms with van der Waals surface area (Å²) in [6.07, 6.45) is 10.2. The largest absolute Gasteiger partial charge is 0.490 e. The monoisotopic (exact) mass is 377 g/mol. The number of ether oxygens (including phenoxy) is 2. The van der Waals surface area contributed by atoms with Crippen LogP contribution in [0.1, 0.15) is 72.6 Å². The average Bonchev–Trinajstić information content (AvgIpc) is 2.61. The Bertz CT molecular complexity index is 578. The third-order valence-corrected chi connectivity index (χ3v) is 4.57. The van der Waals surface area contributed by atoms with Crippen molar-refractivity contribution in [1.82, 2.24) is 0 Å². The van der Waals surface area contributed by atoms with E-state index in [-0.39, 0.29) is 11.3 Å². The second-order valence-corrected chi connectivity index (χ2v) is 7.63. The number of allylic oxidation sites excluding steroid dienone is 1. The zero-order chi connectivity index (χ0) is 20.1. The second kappa shape index (κ2) is 12.5. The summed E-state index contributed by atoms with van der Waals surface area (Å²) in [6, 6.07) is 6.16. The Kier molecular flexibility index (Phi) is 10.7. The lowest BCUT2D eigenvalue weighted by atomic mass is 9.99. The molecule has 5 heteroatoms. The zero-order valence-electron chi connectivity index (χ0n) is 17.3. The summed E-state index contributed by atoms with van der Waals surface area (Å²) in [7, 11) is 0. The van der Waals surface area contributed by atoms with Crippen molar-refractivity contribution in [3.05, 3.63) is 46.0 Å². The van der Waals surface area contributed by atoms with Crippen molar-refractivity contribution in [3.8, 4) is 5.75 Å². The quantitative estimate of drug-likeness (QED) is 0.161. The Morgan fingerprint density at radius 2 is 1.85 bits per heavy atom. The first-order valence-electron chi connectivity index (χ1n) is 10.0. The number of rotatable bonds is 14. The maximum absolute atomic E-state index is 10.6. The molecule has 152 valence electrons. The molecule has 0 unspecified atom stereocenters. The Balaban J connectivity index is 2.22. The van der Waals surface area contributed by atoms with Gasteiger partial charge in [-0.2, -0.15) is 0 Å². The number of non-ortho nitro benzene ring substituents is 1. The van der Waals surface area contributed by atoms with Crippen LogP contribution in [0.25, 0.3) is 0 Å². The van der Waals surface area contributed by atoms with E-state index in [1.54, 1.807) is 12.1 Å². The van der Waals surface area contributed by atoms with Crippen LogP contribution in [0.15, 0.2) is 35.9 Å². The molecule has 27 heavy (non-hydrogen) atoms. The minimum absolute atomic E-state index is 0.0677. The van der Waals surface area contributed by atoms with Crippen LogP contribution in [-0.4, -0.2) is 23.7 Å². The van der Waals surface area contributed by atoms with Crippen LogP contribution in [-0.2, 0) is 4.74 Å². The third kappa shape index (κ3) is 10.8. The van der Waals surface area contributed by atoms with Gasteiger partial charge in [0, 0.05) is 18.7 Å². The number of unbranched alkanes of at least 4 members (excludes halogenated alkanes) is 3. The van der Waals surface area contributed by atoms with E-state index in [9.17, 15) is 10.1 Å². The zero-order valence-corrected chi connectivity index (χ0v) is 17.3. The van der Waals surface area contributed by atoms with Gasteiger partial charge in [0.25, 0.3) is 5.69 Å². The summed E-state index contributed by atoms with van der Waals surface area (Å²) in [4.78, 5) is 10.2. The maximum atomic E-state index is 10.6. The predicted molar refractivity (Wildman–Crippen MR) is 110 cm³/mol. The standard InChI is InChI=1S/C22H35NO4/c1-5-6-7-8-17-27-22(3,4)16-9-10-19(2)15-18-26-21-13-11-20(12-14-21)23(24)25/h11-15H,5-10,16-18H2,1-4H3/b19-15+. The minimum Gasteiger partial charge on any atom is -0.490 e. The SMILES string of the molecule is CCCCCCOC(C)(C)CCC/C(C)=C/COc1ccc([N+](=O)[O-])cc1. The highest BCUT2D eigenvalue weighted by Crippen LogP contribution is 2.21. The van der Waals surface area contributed by atoms with Crippen molar-refractivity contribution < 1.29 is 14.4 Å². The first-order valence-corrected chi connectivity index (χ1v) is 10.0. The average molecular weight is 378 g/mol. The molecule has 0 radical (unpaired) electrons. The molecule has 0 aliphatic carbocycles. The molecule has 5 nitrogen and oxygen atoms in total. The fourth-order valence-electron chi connectivity index (χ4n) is 2.79. The van der Waals surface area contributed by atoms with Gasteiger partial charge in [-0.1, -0.05) is 31.8 Å². The van der Waals surface area contributed by atoms with E-state index in [2.05, 4.69) is 33.8 Å². The number of nitro benzene ring substituents is 1. The van der Waals surface area contributed by atoms with Crippen LogP contribution in [0, 0.1) is 10.1 Å². The molecular weight excluding hydrogens is 342 g/mol. The third-order valence-electron chi connectivity index (χ3n) is 4.57. The van der Waals surface area contributed by atoms with Gasteiger partial charge in [0.2, 0.25) is 0 Å². The number of hydrogen-bond donors (Lipinski definition) is 0. The lowest BCUT2D eigenvalue weighted by molar-refractivity contribution is -0.384. The summed E-state index contributed by atoms with van der Waals surface area (Å²) in [6.45, 7) is 9.99. The van der Waals surface area contributed by atoms with Crippen LogP contribution in [0.3, 0.4) is 0 Å². The Labute approximate surface area is 163 Å². The summed E-state index contributed by atoms with van der Waals surface area (Å²) in [5.74, 6) is 0.641. The molecular formula is C22H35NO4. The van der Waals surface area contributed by atoms with Gasteiger partial charge in [0.15, 0.2) is 0 Å². The Morgan fingerprint density at radius 1 is 1.15 bits per heavy atom. The van der Waals surface area contributed by atoms with Crippen molar-refractivity contribution in [2.75, 3.05) is 13.2 Å². The van der Waals surface area contributed by atoms with E-state index in [1.165, 1.54) is 37.0 Å². The second-order valence-electron chi connectivity index (χ2n) is 7.63. The normalized spacial score (nSPS) is 12.2. The van der Waals surface area contributed by atoms with Crippen LogP contribution in [0.5, 0.6) is 5.75 Å². The molecule has 0 aliphatic rings. The van der Waals surface area contributed by atoms with Gasteiger partial charge < -0.3 is 9.47 Å². The smallest absolute Gasteiger partial charge is 0.269 e. The maximum Gasteiger partial charge on any atom is 0.269 e. The van der Waals surface area contributed by atoms with Crippen molar-refractivity contribution >= 4 is 5.69 Å². The number of nitro groups is 1. The minimum atomic E-state index is -0.412. The van der Waals surface area contributed by atoms with E-state index >= 15 is 0 Å². The molecule has 0 N–H and O–H groups in total. The van der Waals surface area contributed by atoms with Gasteiger partial charge >= 0.3 is 0 Å². The highest BCUT2D eigenvalue weighted by Gasteiger charge is 2.17. The Morgan fingerprint density at radius 3 is 2.48 bits per heavy atom. The van der Waals surface area contributed by atoms with Crippen LogP contribution >= 0.6 is 0 Å². The summed E-state index contributed by atoms with van der Waals surface area (Å²) >= 11 is 0. The molecule has 0 spiro atoms. The molecule has 0 bridgehead atoms. The molecule has 1 rings (SSSR count). The van der Waals surface area contributed by atoms with Crippen molar-refractivity contribution in [3.63, 3.8) is 0 Å². The molecule has 0 aromatic heterocycles. The predicted octanol–water partition coefficient (Wildman–Crippen LogP) is 6.47. The molecule has 1 aromatic carbocycles. The van der Waals surface area contributed by atoms with Crippen LogP contribution < -0.4 is 4.74 Å². The lowest BCUT2D eigenvalue weighted by Crippen LogP contribution is -2.24. The van der Waals surface area contributed by atoms with E-state index in [0.29, 0.717) is 12.4 Å². The fourth-order valence-corrected chi connectivity index (χ4v) is 2.79. The molecule has 0 aliphatic heterocycles. The highest BCUT2D eigenvalue weighted by atomic mass is 16.6. The Hall–Kier alpha value is -1.88. The van der Waals surface area contributed by atoms with Gasteiger partial charge in [-0.05, 0) is 64.7 Å². The molecule has 0 atom stereocenters. The van der Waals surface area contributed by atoms with Crippen LogP contribution in [0.2, 0.25) is 0 Å². The number of benzene rings is 1. The van der Waals surface area contributed by atoms with Gasteiger partial charge in [-0.25, -0.2) is 0 Å². The summed E-state index contributed by atoms with van der Waals surface area (Å²) in [5, 5.41) is 10.6. The lowest BCUT2D eigenvalue weighted by Gasteiger charge is -2.25. The van der Waals surface area contributed by atoms with E-state index in [0.717, 1.165) is 32.3 Å². The molecule has 0 saturated carbocycles. The molecule has 0 fully saturated rings. The van der Waals surface area contributed by atoms with Crippen molar-refractivity contribution in [2.24, 2.45) is 0 Å². The fraction of sp³-hybridized carbons (Fsp3) is 0.636. The number of hydrogen-bond acceptors (Lipinski definition) is 4. The summed E-state index contributed by atoms with van der Waals surface area (Å²) < 4.78 is 11.7. The molecule has 0 saturated heterocycles. The van der Waals surface area contributed by atoms with E-state index in [4.69, 9.17) is 9.47 Å². The van der Waals surface area contributed by atoms with Gasteiger partial charge in [-0.3, -0.25) is 10.1 Å². The first-order chi connectivity index (χ1) is 12.8. The van der Waals surface area contributed by atoms with E-state index in [1.807, 2.05) is 0 Å². The molecule has 1 aromatic rings. The molecule has 0 amide bonds. The van der Waals surface area contributed by atoms with Gasteiger partial charge in [-0.15, -0.1) is 0 Å². The first kappa shape index (κ1) is 23.2. The molecule has 0 heterocycles. The number of nitrogens with zero attached hydrogens (tertiary/aromatic N) is 1. The topological polar surface area (TPSA) is 61.6 Å². The van der Waals surface area contributed by atoms with Crippen molar-refractivity contribution in [2.45, 2.75) is 78.2 Å². The van der Waals surface area contributed by atoms with E-state index < -0.39 is 4.92 Å². The van der Waals surface area contributed by atoms with Crippen LogP contribution in [0.4, 0.5) is 5.69 Å². The highest BCUT2D eigenvalue weighted by molar-refractivity contribution is 5.36. The summed E-state index contributed by atoms with van der Waals surface area (Å²) in [5.41, 5.74) is 1.29. The van der Waals surface area contributed by atoms with Crippen molar-refractivity contribution in [1.29, 1.82) is 0 Å². The van der Waals surface area contributed by atoms with Gasteiger partial charge in [0.05, 0.1) is 10.5 Å². The van der Waals surface area contributed by atoms with Gasteiger partial charge in [0.1, 0.15) is 12.4 Å².